The Morgan fingerprint density at radius 1 is 1.45 bits per heavy atom. The van der Waals surface area contributed by atoms with Crippen LogP contribution in [0.5, 0.6) is 5.75 Å². The molecule has 0 fully saturated rings. The Kier molecular flexibility index (Phi) is 1.36. The van der Waals surface area contributed by atoms with E-state index in [1.165, 1.54) is 0 Å². The lowest BCUT2D eigenvalue weighted by Crippen LogP contribution is -2.00. The molecule has 2 nitrogen and oxygen atoms in total. The number of benzene rings is 1. The van der Waals surface area contributed by atoms with Gasteiger partial charge in [-0.3, -0.25) is 4.79 Å². The summed E-state index contributed by atoms with van der Waals surface area (Å²) in [6.45, 7) is 0. The number of hydrogen-bond donors (Lipinski definition) is 0. The topological polar surface area (TPSA) is 26.3 Å². The molecule has 0 aromatic heterocycles. The van der Waals surface area contributed by atoms with Gasteiger partial charge in [0, 0.05) is 5.56 Å². The third-order valence-electron chi connectivity index (χ3n) is 1.60. The van der Waals surface area contributed by atoms with Gasteiger partial charge in [0.25, 0.3) is 0 Å². The molecule has 1 aliphatic rings. The predicted octanol–water partition coefficient (Wildman–Crippen LogP) is 1.80. The quantitative estimate of drug-likeness (QED) is 0.436. The highest BCUT2D eigenvalue weighted by atomic mass is 35.5. The second-order valence-corrected chi connectivity index (χ2v) is 2.79. The van der Waals surface area contributed by atoms with E-state index in [2.05, 4.69) is 0 Å². The molecule has 11 heavy (non-hydrogen) atoms. The van der Waals surface area contributed by atoms with Crippen molar-refractivity contribution in [3.8, 4) is 5.75 Å². The highest BCUT2D eigenvalue weighted by Crippen LogP contribution is 2.33. The predicted molar refractivity (Wildman–Crippen MR) is 40.8 cm³/mol. The lowest BCUT2D eigenvalue weighted by molar-refractivity contribution is -0.131. The molecule has 56 valence electrons. The van der Waals surface area contributed by atoms with Gasteiger partial charge in [-0.1, -0.05) is 23.7 Å². The number of para-hydroxylation sites is 1. The van der Waals surface area contributed by atoms with Gasteiger partial charge in [0.1, 0.15) is 0 Å². The van der Waals surface area contributed by atoms with E-state index in [0.29, 0.717) is 17.2 Å². The standard InChI is InChI=1S/C8H5ClO2/c9-6-3-1-2-5-4-7(10)11-8(5)6/h1-3H,4H2. The molecule has 1 aromatic rings. The number of rotatable bonds is 0. The van der Waals surface area contributed by atoms with Gasteiger partial charge in [-0.15, -0.1) is 0 Å². The molecule has 0 unspecified atom stereocenters. The summed E-state index contributed by atoms with van der Waals surface area (Å²) in [5, 5.41) is 0.508. The van der Waals surface area contributed by atoms with Crippen LogP contribution in [0, 0.1) is 0 Å². The summed E-state index contributed by atoms with van der Waals surface area (Å²) in [5.41, 5.74) is 0.877. The highest BCUT2D eigenvalue weighted by Gasteiger charge is 2.21. The fourth-order valence-electron chi connectivity index (χ4n) is 1.11. The molecule has 1 aliphatic heterocycles. The second kappa shape index (κ2) is 2.24. The monoisotopic (exact) mass is 168 g/mol. The van der Waals surface area contributed by atoms with Gasteiger partial charge in [-0.05, 0) is 6.07 Å². The lowest BCUT2D eigenvalue weighted by atomic mass is 10.2. The van der Waals surface area contributed by atoms with Crippen LogP contribution in [-0.4, -0.2) is 5.97 Å². The SMILES string of the molecule is O=C1Cc2cccc(Cl)c2O1. The number of fused-ring (bicyclic) bond motifs is 1. The molecule has 0 saturated carbocycles. The summed E-state index contributed by atoms with van der Waals surface area (Å²) in [5.74, 6) is 0.298. The van der Waals surface area contributed by atoms with E-state index in [4.69, 9.17) is 16.3 Å². The minimum atomic E-state index is -0.229. The maximum atomic E-state index is 10.8. The van der Waals surface area contributed by atoms with E-state index in [9.17, 15) is 4.79 Å². The van der Waals surface area contributed by atoms with Crippen LogP contribution in [0.15, 0.2) is 18.2 Å². The smallest absolute Gasteiger partial charge is 0.315 e. The first kappa shape index (κ1) is 6.68. The Balaban J connectivity index is 2.57. The Hall–Kier alpha value is -1.02. The van der Waals surface area contributed by atoms with E-state index >= 15 is 0 Å². The third kappa shape index (κ3) is 0.994. The number of hydrogen-bond acceptors (Lipinski definition) is 2. The van der Waals surface area contributed by atoms with Crippen molar-refractivity contribution in [2.45, 2.75) is 6.42 Å². The number of carbonyl (C=O) groups is 1. The van der Waals surface area contributed by atoms with E-state index < -0.39 is 0 Å². The first-order chi connectivity index (χ1) is 5.27. The fourth-order valence-corrected chi connectivity index (χ4v) is 1.35. The van der Waals surface area contributed by atoms with Crippen molar-refractivity contribution in [3.05, 3.63) is 28.8 Å². The van der Waals surface area contributed by atoms with Gasteiger partial charge in [0.2, 0.25) is 0 Å². The molecule has 0 N–H and O–H groups in total. The molecule has 0 saturated heterocycles. The van der Waals surface area contributed by atoms with Gasteiger partial charge >= 0.3 is 5.97 Å². The molecule has 1 heterocycles. The second-order valence-electron chi connectivity index (χ2n) is 2.38. The number of halogens is 1. The van der Waals surface area contributed by atoms with Crippen LogP contribution in [0.3, 0.4) is 0 Å². The molecule has 0 amide bonds. The Labute approximate surface area is 68.7 Å². The number of ether oxygens (including phenoxy) is 1. The van der Waals surface area contributed by atoms with Crippen molar-refractivity contribution in [2.24, 2.45) is 0 Å². The average Bonchev–Trinajstić information content (AvgIpc) is 2.31. The van der Waals surface area contributed by atoms with Crippen LogP contribution >= 0.6 is 11.6 Å². The normalized spacial score (nSPS) is 14.5. The molecule has 0 radical (unpaired) electrons. The molecule has 0 aliphatic carbocycles. The van der Waals surface area contributed by atoms with E-state index in [-0.39, 0.29) is 5.97 Å². The van der Waals surface area contributed by atoms with E-state index in [0.717, 1.165) is 5.56 Å². The Morgan fingerprint density at radius 3 is 3.00 bits per heavy atom. The van der Waals surface area contributed by atoms with Crippen LogP contribution in [0.1, 0.15) is 5.56 Å². The molecule has 0 spiro atoms. The maximum absolute atomic E-state index is 10.8. The van der Waals surface area contributed by atoms with E-state index in [1.54, 1.807) is 6.07 Å². The van der Waals surface area contributed by atoms with E-state index in [1.807, 2.05) is 12.1 Å². The van der Waals surface area contributed by atoms with Crippen LogP contribution in [0.4, 0.5) is 0 Å². The Bertz CT molecular complexity index is 320. The fraction of sp³-hybridized carbons (Fsp3) is 0.125. The van der Waals surface area contributed by atoms with Gasteiger partial charge < -0.3 is 4.74 Å². The van der Waals surface area contributed by atoms with Crippen LogP contribution in [0.25, 0.3) is 0 Å². The third-order valence-corrected chi connectivity index (χ3v) is 1.90. The minimum absolute atomic E-state index is 0.229. The number of carbonyl (C=O) groups excluding carboxylic acids is 1. The molecular weight excluding hydrogens is 164 g/mol. The lowest BCUT2D eigenvalue weighted by Gasteiger charge is -1.97. The molecule has 1 aromatic carbocycles. The Morgan fingerprint density at radius 2 is 2.27 bits per heavy atom. The first-order valence-electron chi connectivity index (χ1n) is 3.25. The molecule has 0 atom stereocenters. The van der Waals surface area contributed by atoms with Crippen molar-refractivity contribution in [1.82, 2.24) is 0 Å². The van der Waals surface area contributed by atoms with Crippen molar-refractivity contribution in [2.75, 3.05) is 0 Å². The molecule has 2 rings (SSSR count). The summed E-state index contributed by atoms with van der Waals surface area (Å²) in [4.78, 5) is 10.8. The summed E-state index contributed by atoms with van der Waals surface area (Å²) < 4.78 is 4.87. The minimum Gasteiger partial charge on any atom is -0.424 e. The summed E-state index contributed by atoms with van der Waals surface area (Å²) in [6.07, 6.45) is 0.343. The van der Waals surface area contributed by atoms with Crippen LogP contribution < -0.4 is 4.74 Å². The molecule has 3 heteroatoms. The van der Waals surface area contributed by atoms with Crippen molar-refractivity contribution >= 4 is 17.6 Å². The first-order valence-corrected chi connectivity index (χ1v) is 3.63. The maximum Gasteiger partial charge on any atom is 0.315 e. The van der Waals surface area contributed by atoms with Crippen molar-refractivity contribution in [1.29, 1.82) is 0 Å². The molecule has 0 bridgehead atoms. The summed E-state index contributed by atoms with van der Waals surface area (Å²) >= 11 is 5.76. The van der Waals surface area contributed by atoms with Crippen molar-refractivity contribution < 1.29 is 9.53 Å². The van der Waals surface area contributed by atoms with Crippen LogP contribution in [-0.2, 0) is 11.2 Å². The van der Waals surface area contributed by atoms with Gasteiger partial charge in [-0.25, -0.2) is 0 Å². The summed E-state index contributed by atoms with van der Waals surface area (Å²) in [7, 11) is 0. The zero-order chi connectivity index (χ0) is 7.84. The average molecular weight is 169 g/mol. The van der Waals surface area contributed by atoms with Crippen LogP contribution in [0.2, 0.25) is 5.02 Å². The van der Waals surface area contributed by atoms with Gasteiger partial charge in [0.15, 0.2) is 5.75 Å². The largest absolute Gasteiger partial charge is 0.424 e. The highest BCUT2D eigenvalue weighted by molar-refractivity contribution is 6.32. The van der Waals surface area contributed by atoms with Gasteiger partial charge in [0.05, 0.1) is 11.4 Å². The van der Waals surface area contributed by atoms with Gasteiger partial charge in [-0.2, -0.15) is 0 Å². The summed E-state index contributed by atoms with van der Waals surface area (Å²) in [6, 6.07) is 5.36. The number of esters is 1. The zero-order valence-corrected chi connectivity index (χ0v) is 6.39. The molecular formula is C8H5ClO2. The zero-order valence-electron chi connectivity index (χ0n) is 5.63. The van der Waals surface area contributed by atoms with Crippen molar-refractivity contribution in [3.63, 3.8) is 0 Å².